The summed E-state index contributed by atoms with van der Waals surface area (Å²) in [5, 5.41) is 15.5. The zero-order valence-corrected chi connectivity index (χ0v) is 11.5. The lowest BCUT2D eigenvalue weighted by Gasteiger charge is -2.28. The van der Waals surface area contributed by atoms with Gasteiger partial charge in [-0.25, -0.2) is 4.79 Å². The molecule has 1 aromatic rings. The summed E-state index contributed by atoms with van der Waals surface area (Å²) < 4.78 is 1.53. The minimum absolute atomic E-state index is 0.532. The Kier molecular flexibility index (Phi) is 4.31. The monoisotopic (exact) mass is 268 g/mol. The number of nitrogens with one attached hydrogen (secondary N) is 1. The zero-order valence-electron chi connectivity index (χ0n) is 11.5. The second kappa shape index (κ2) is 5.40. The fraction of sp³-hybridized carbons (Fsp3) is 0.583. The van der Waals surface area contributed by atoms with Gasteiger partial charge in [-0.05, 0) is 5.41 Å². The maximum Gasteiger partial charge on any atom is 0.326 e. The van der Waals surface area contributed by atoms with Gasteiger partial charge in [-0.3, -0.25) is 9.48 Å². The molecule has 19 heavy (non-hydrogen) atoms. The first-order valence-electron chi connectivity index (χ1n) is 5.90. The Morgan fingerprint density at radius 3 is 2.42 bits per heavy atom. The topological polar surface area (TPSA) is 110 Å². The van der Waals surface area contributed by atoms with Gasteiger partial charge in [-0.1, -0.05) is 20.8 Å². The second-order valence-electron chi connectivity index (χ2n) is 5.57. The number of carbonyl (C=O) groups excluding carboxylic acids is 1. The van der Waals surface area contributed by atoms with E-state index in [2.05, 4.69) is 10.4 Å². The summed E-state index contributed by atoms with van der Waals surface area (Å²) in [7, 11) is 1.71. The lowest BCUT2D eigenvalue weighted by molar-refractivity contribution is -0.145. The summed E-state index contributed by atoms with van der Waals surface area (Å²) in [5.41, 5.74) is 5.72. The fourth-order valence-corrected chi connectivity index (χ4v) is 1.63. The Balaban J connectivity index is 2.80. The molecule has 0 aliphatic carbocycles. The molecular formula is C12H20N4O3. The molecule has 0 bridgehead atoms. The maximum atomic E-state index is 12.0. The van der Waals surface area contributed by atoms with Crippen molar-refractivity contribution in [2.75, 3.05) is 0 Å². The van der Waals surface area contributed by atoms with E-state index in [4.69, 9.17) is 10.8 Å². The number of carboxylic acids is 1. The zero-order chi connectivity index (χ0) is 14.8. The molecule has 7 nitrogen and oxygen atoms in total. The van der Waals surface area contributed by atoms with Gasteiger partial charge < -0.3 is 16.2 Å². The number of aliphatic carboxylic acids is 1. The highest BCUT2D eigenvalue weighted by molar-refractivity contribution is 5.87. The molecule has 1 amide bonds. The lowest BCUT2D eigenvalue weighted by atomic mass is 9.86. The van der Waals surface area contributed by atoms with E-state index >= 15 is 0 Å². The first-order chi connectivity index (χ1) is 8.62. The molecule has 0 saturated carbocycles. The Morgan fingerprint density at radius 2 is 2.05 bits per heavy atom. The van der Waals surface area contributed by atoms with Gasteiger partial charge in [-0.15, -0.1) is 0 Å². The van der Waals surface area contributed by atoms with Crippen molar-refractivity contribution in [1.29, 1.82) is 0 Å². The van der Waals surface area contributed by atoms with Crippen molar-refractivity contribution in [2.45, 2.75) is 32.9 Å². The smallest absolute Gasteiger partial charge is 0.326 e. The van der Waals surface area contributed by atoms with E-state index in [0.717, 1.165) is 0 Å². The second-order valence-corrected chi connectivity index (χ2v) is 5.57. The Labute approximate surface area is 111 Å². The summed E-state index contributed by atoms with van der Waals surface area (Å²) >= 11 is 0. The van der Waals surface area contributed by atoms with Gasteiger partial charge in [0.25, 0.3) is 0 Å². The minimum Gasteiger partial charge on any atom is -0.480 e. The van der Waals surface area contributed by atoms with Gasteiger partial charge in [0.1, 0.15) is 12.1 Å². The summed E-state index contributed by atoms with van der Waals surface area (Å²) in [6.45, 7) is 5.21. The SMILES string of the molecule is Cn1cc(C(N)C(=O)NC(C(=O)O)C(C)(C)C)cn1. The summed E-state index contributed by atoms with van der Waals surface area (Å²) in [5.74, 6) is -1.62. The number of hydrogen-bond donors (Lipinski definition) is 3. The van der Waals surface area contributed by atoms with E-state index < -0.39 is 29.4 Å². The van der Waals surface area contributed by atoms with Gasteiger partial charge in [0, 0.05) is 18.8 Å². The van der Waals surface area contributed by atoms with Crippen LogP contribution in [0.5, 0.6) is 0 Å². The lowest BCUT2D eigenvalue weighted by Crippen LogP contribution is -2.51. The van der Waals surface area contributed by atoms with Crippen LogP contribution < -0.4 is 11.1 Å². The highest BCUT2D eigenvalue weighted by Crippen LogP contribution is 2.20. The molecule has 0 aromatic carbocycles. The molecule has 0 fully saturated rings. The normalized spacial score (nSPS) is 14.8. The van der Waals surface area contributed by atoms with Crippen LogP contribution in [0.3, 0.4) is 0 Å². The van der Waals surface area contributed by atoms with Crippen molar-refractivity contribution >= 4 is 11.9 Å². The standard InChI is InChI=1S/C12H20N4O3/c1-12(2,3)9(11(18)19)15-10(17)8(13)7-5-14-16(4)6-7/h5-6,8-9H,13H2,1-4H3,(H,15,17)(H,18,19). The molecule has 106 valence electrons. The highest BCUT2D eigenvalue weighted by atomic mass is 16.4. The van der Waals surface area contributed by atoms with E-state index in [1.54, 1.807) is 34.0 Å². The number of aromatic nitrogens is 2. The van der Waals surface area contributed by atoms with E-state index in [9.17, 15) is 9.59 Å². The average molecular weight is 268 g/mol. The van der Waals surface area contributed by atoms with Crippen LogP contribution in [-0.4, -0.2) is 32.8 Å². The largest absolute Gasteiger partial charge is 0.480 e. The molecule has 4 N–H and O–H groups in total. The number of aryl methyl sites for hydroxylation is 1. The molecule has 2 unspecified atom stereocenters. The number of nitrogens with two attached hydrogens (primary N) is 1. The first kappa shape index (κ1) is 15.2. The van der Waals surface area contributed by atoms with Crippen LogP contribution in [0.1, 0.15) is 32.4 Å². The van der Waals surface area contributed by atoms with Crippen LogP contribution in [-0.2, 0) is 16.6 Å². The summed E-state index contributed by atoms with van der Waals surface area (Å²) in [6, 6.07) is -1.93. The molecule has 0 aliphatic heterocycles. The number of hydrogen-bond acceptors (Lipinski definition) is 4. The molecule has 1 rings (SSSR count). The molecule has 0 spiro atoms. The molecule has 7 heteroatoms. The first-order valence-corrected chi connectivity index (χ1v) is 5.90. The quantitative estimate of drug-likeness (QED) is 0.714. The Hall–Kier alpha value is -1.89. The number of rotatable bonds is 4. The van der Waals surface area contributed by atoms with Gasteiger partial charge in [0.2, 0.25) is 5.91 Å². The van der Waals surface area contributed by atoms with E-state index in [0.29, 0.717) is 5.56 Å². The van der Waals surface area contributed by atoms with Crippen molar-refractivity contribution in [3.63, 3.8) is 0 Å². The molecule has 0 aliphatic rings. The van der Waals surface area contributed by atoms with E-state index in [1.165, 1.54) is 10.9 Å². The molecule has 0 radical (unpaired) electrons. The predicted molar refractivity (Wildman–Crippen MR) is 69.2 cm³/mol. The number of amides is 1. The molecule has 1 aromatic heterocycles. The predicted octanol–water partition coefficient (Wildman–Crippen LogP) is 0.0354. The van der Waals surface area contributed by atoms with E-state index in [-0.39, 0.29) is 0 Å². The number of carbonyl (C=O) groups is 2. The van der Waals surface area contributed by atoms with Crippen LogP contribution in [0.2, 0.25) is 0 Å². The number of nitrogens with zero attached hydrogens (tertiary/aromatic N) is 2. The van der Waals surface area contributed by atoms with Crippen LogP contribution in [0.4, 0.5) is 0 Å². The summed E-state index contributed by atoms with van der Waals surface area (Å²) in [4.78, 5) is 23.2. The van der Waals surface area contributed by atoms with Crippen LogP contribution in [0.25, 0.3) is 0 Å². The van der Waals surface area contributed by atoms with Gasteiger partial charge in [0.15, 0.2) is 0 Å². The van der Waals surface area contributed by atoms with Crippen molar-refractivity contribution in [2.24, 2.45) is 18.2 Å². The van der Waals surface area contributed by atoms with Crippen molar-refractivity contribution < 1.29 is 14.7 Å². The average Bonchev–Trinajstić information content (AvgIpc) is 2.69. The third-order valence-electron chi connectivity index (χ3n) is 2.77. The van der Waals surface area contributed by atoms with Crippen molar-refractivity contribution in [1.82, 2.24) is 15.1 Å². The highest BCUT2D eigenvalue weighted by Gasteiger charge is 2.34. The molecule has 0 saturated heterocycles. The van der Waals surface area contributed by atoms with Gasteiger partial charge in [0.05, 0.1) is 6.20 Å². The Morgan fingerprint density at radius 1 is 1.47 bits per heavy atom. The number of carboxylic acid groups (broad SMARTS) is 1. The molecular weight excluding hydrogens is 248 g/mol. The van der Waals surface area contributed by atoms with Gasteiger partial charge >= 0.3 is 5.97 Å². The van der Waals surface area contributed by atoms with Crippen LogP contribution >= 0.6 is 0 Å². The van der Waals surface area contributed by atoms with Gasteiger partial charge in [-0.2, -0.15) is 5.10 Å². The van der Waals surface area contributed by atoms with E-state index in [1.807, 2.05) is 0 Å². The van der Waals surface area contributed by atoms with Crippen LogP contribution in [0.15, 0.2) is 12.4 Å². The van der Waals surface area contributed by atoms with Crippen LogP contribution in [0, 0.1) is 5.41 Å². The third-order valence-corrected chi connectivity index (χ3v) is 2.77. The summed E-state index contributed by atoms with van der Waals surface area (Å²) in [6.07, 6.45) is 3.11. The molecule has 2 atom stereocenters. The third kappa shape index (κ3) is 3.78. The fourth-order valence-electron chi connectivity index (χ4n) is 1.63. The Bertz CT molecular complexity index is 476. The van der Waals surface area contributed by atoms with Crippen molar-refractivity contribution in [3.8, 4) is 0 Å². The minimum atomic E-state index is -1.08. The molecule has 1 heterocycles. The van der Waals surface area contributed by atoms with Crippen molar-refractivity contribution in [3.05, 3.63) is 18.0 Å². The maximum absolute atomic E-state index is 12.0.